The van der Waals surface area contributed by atoms with E-state index in [1.165, 1.54) is 11.1 Å². The molecule has 0 bridgehead atoms. The van der Waals surface area contributed by atoms with E-state index in [2.05, 4.69) is 29.4 Å². The topological polar surface area (TPSA) is 30.5 Å². The lowest BCUT2D eigenvalue weighted by atomic mass is 10.1. The Morgan fingerprint density at radius 3 is 2.59 bits per heavy atom. The van der Waals surface area contributed by atoms with Crippen LogP contribution in [0, 0.1) is 12.3 Å². The SMILES string of the molecule is C#CCOc1ccc(CCNCc2cccc(OC)c2)cc1. The summed E-state index contributed by atoms with van der Waals surface area (Å²) in [5.74, 6) is 4.16. The van der Waals surface area contributed by atoms with E-state index in [1.54, 1.807) is 7.11 Å². The minimum absolute atomic E-state index is 0.307. The Hall–Kier alpha value is -2.44. The highest BCUT2D eigenvalue weighted by Gasteiger charge is 1.98. The van der Waals surface area contributed by atoms with Crippen LogP contribution in [0.1, 0.15) is 11.1 Å². The van der Waals surface area contributed by atoms with Crippen LogP contribution in [0.4, 0.5) is 0 Å². The summed E-state index contributed by atoms with van der Waals surface area (Å²) in [6.45, 7) is 2.06. The molecule has 0 aromatic heterocycles. The molecule has 0 heterocycles. The van der Waals surface area contributed by atoms with Gasteiger partial charge in [0.15, 0.2) is 0 Å². The molecule has 0 unspecified atom stereocenters. The molecule has 3 heteroatoms. The molecule has 0 spiro atoms. The van der Waals surface area contributed by atoms with E-state index in [0.717, 1.165) is 31.0 Å². The van der Waals surface area contributed by atoms with Gasteiger partial charge in [0.05, 0.1) is 7.11 Å². The molecule has 0 saturated carbocycles. The molecule has 0 saturated heterocycles. The Morgan fingerprint density at radius 2 is 1.86 bits per heavy atom. The lowest BCUT2D eigenvalue weighted by molar-refractivity contribution is 0.370. The largest absolute Gasteiger partial charge is 0.497 e. The number of benzene rings is 2. The van der Waals surface area contributed by atoms with Crippen LogP contribution in [0.15, 0.2) is 48.5 Å². The lowest BCUT2D eigenvalue weighted by Crippen LogP contribution is -2.16. The minimum atomic E-state index is 0.307. The molecule has 0 atom stereocenters. The number of rotatable bonds is 8. The fraction of sp³-hybridized carbons (Fsp3) is 0.263. The summed E-state index contributed by atoms with van der Waals surface area (Å²) in [5.41, 5.74) is 2.49. The molecular formula is C19H21NO2. The van der Waals surface area contributed by atoms with Gasteiger partial charge in [-0.25, -0.2) is 0 Å². The summed E-state index contributed by atoms with van der Waals surface area (Å²) in [4.78, 5) is 0. The van der Waals surface area contributed by atoms with Gasteiger partial charge < -0.3 is 14.8 Å². The predicted molar refractivity (Wildman–Crippen MR) is 89.2 cm³/mol. The average Bonchev–Trinajstić information content (AvgIpc) is 2.58. The van der Waals surface area contributed by atoms with Crippen LogP contribution in [0.3, 0.4) is 0 Å². The van der Waals surface area contributed by atoms with Crippen LogP contribution in [0.5, 0.6) is 11.5 Å². The van der Waals surface area contributed by atoms with E-state index >= 15 is 0 Å². The highest BCUT2D eigenvalue weighted by atomic mass is 16.5. The highest BCUT2D eigenvalue weighted by Crippen LogP contribution is 2.13. The zero-order valence-corrected chi connectivity index (χ0v) is 12.8. The third-order valence-electron chi connectivity index (χ3n) is 3.30. The highest BCUT2D eigenvalue weighted by molar-refractivity contribution is 5.29. The van der Waals surface area contributed by atoms with Gasteiger partial charge in [-0.15, -0.1) is 6.42 Å². The minimum Gasteiger partial charge on any atom is -0.497 e. The number of terminal acetylenes is 1. The van der Waals surface area contributed by atoms with Gasteiger partial charge >= 0.3 is 0 Å². The Balaban J connectivity index is 1.73. The van der Waals surface area contributed by atoms with Crippen LogP contribution in [-0.2, 0) is 13.0 Å². The molecule has 0 aliphatic heterocycles. The van der Waals surface area contributed by atoms with Gasteiger partial charge in [0.25, 0.3) is 0 Å². The summed E-state index contributed by atoms with van der Waals surface area (Å²) >= 11 is 0. The Bertz CT molecular complexity index is 614. The Morgan fingerprint density at radius 1 is 1.05 bits per heavy atom. The second-order valence-electron chi connectivity index (χ2n) is 4.92. The summed E-state index contributed by atoms with van der Waals surface area (Å²) in [7, 11) is 1.68. The van der Waals surface area contributed by atoms with Crippen LogP contribution in [0.2, 0.25) is 0 Å². The van der Waals surface area contributed by atoms with Crippen molar-refractivity contribution in [3.8, 4) is 23.8 Å². The smallest absolute Gasteiger partial charge is 0.148 e. The fourth-order valence-electron chi connectivity index (χ4n) is 2.13. The van der Waals surface area contributed by atoms with E-state index in [-0.39, 0.29) is 0 Å². The van der Waals surface area contributed by atoms with Crippen LogP contribution >= 0.6 is 0 Å². The first-order valence-corrected chi connectivity index (χ1v) is 7.30. The molecule has 0 fully saturated rings. The van der Waals surface area contributed by atoms with Crippen molar-refractivity contribution in [3.05, 3.63) is 59.7 Å². The molecule has 2 rings (SSSR count). The Kier molecular flexibility index (Phi) is 6.35. The van der Waals surface area contributed by atoms with E-state index in [4.69, 9.17) is 15.9 Å². The zero-order chi connectivity index (χ0) is 15.6. The van der Waals surface area contributed by atoms with Gasteiger partial charge in [-0.05, 0) is 48.4 Å². The quantitative estimate of drug-likeness (QED) is 0.600. The molecular weight excluding hydrogens is 274 g/mol. The molecule has 2 aromatic rings. The van der Waals surface area contributed by atoms with Gasteiger partial charge in [-0.2, -0.15) is 0 Å². The molecule has 3 nitrogen and oxygen atoms in total. The molecule has 22 heavy (non-hydrogen) atoms. The van der Waals surface area contributed by atoms with Crippen molar-refractivity contribution < 1.29 is 9.47 Å². The summed E-state index contributed by atoms with van der Waals surface area (Å²) in [6.07, 6.45) is 6.13. The van der Waals surface area contributed by atoms with E-state index in [0.29, 0.717) is 6.61 Å². The van der Waals surface area contributed by atoms with Crippen molar-refractivity contribution in [2.45, 2.75) is 13.0 Å². The lowest BCUT2D eigenvalue weighted by Gasteiger charge is -2.07. The maximum atomic E-state index is 5.35. The van der Waals surface area contributed by atoms with Crippen molar-refractivity contribution in [1.29, 1.82) is 0 Å². The van der Waals surface area contributed by atoms with Crippen LogP contribution in [0.25, 0.3) is 0 Å². The van der Waals surface area contributed by atoms with Crippen molar-refractivity contribution >= 4 is 0 Å². The molecule has 1 N–H and O–H groups in total. The normalized spacial score (nSPS) is 10.0. The fourth-order valence-corrected chi connectivity index (χ4v) is 2.13. The van der Waals surface area contributed by atoms with E-state index < -0.39 is 0 Å². The maximum absolute atomic E-state index is 5.35. The molecule has 114 valence electrons. The summed E-state index contributed by atoms with van der Waals surface area (Å²) < 4.78 is 10.6. The van der Waals surface area contributed by atoms with E-state index in [1.807, 2.05) is 30.3 Å². The number of ether oxygens (including phenoxy) is 2. The molecule has 0 radical (unpaired) electrons. The number of hydrogen-bond acceptors (Lipinski definition) is 3. The maximum Gasteiger partial charge on any atom is 0.148 e. The zero-order valence-electron chi connectivity index (χ0n) is 12.8. The third-order valence-corrected chi connectivity index (χ3v) is 3.30. The Labute approximate surface area is 132 Å². The van der Waals surface area contributed by atoms with Gasteiger partial charge in [-0.1, -0.05) is 30.2 Å². The first-order valence-electron chi connectivity index (χ1n) is 7.30. The third kappa shape index (κ3) is 5.16. The standard InChI is InChI=1S/C19H21NO2/c1-3-13-22-18-9-7-16(8-10-18)11-12-20-15-17-5-4-6-19(14-17)21-2/h1,4-10,14,20H,11-13,15H2,2H3. The summed E-state index contributed by atoms with van der Waals surface area (Å²) in [6, 6.07) is 16.1. The van der Waals surface area contributed by atoms with Crippen molar-refractivity contribution in [1.82, 2.24) is 5.32 Å². The van der Waals surface area contributed by atoms with Gasteiger partial charge in [0.1, 0.15) is 18.1 Å². The predicted octanol–water partition coefficient (Wildman–Crippen LogP) is 3.04. The first kappa shape index (κ1) is 15.9. The molecule has 0 amide bonds. The number of methoxy groups -OCH3 is 1. The van der Waals surface area contributed by atoms with E-state index in [9.17, 15) is 0 Å². The monoisotopic (exact) mass is 295 g/mol. The van der Waals surface area contributed by atoms with Crippen molar-refractivity contribution in [3.63, 3.8) is 0 Å². The van der Waals surface area contributed by atoms with Crippen LogP contribution < -0.4 is 14.8 Å². The molecule has 0 aliphatic rings. The number of hydrogen-bond donors (Lipinski definition) is 1. The molecule has 2 aromatic carbocycles. The van der Waals surface area contributed by atoms with Crippen LogP contribution in [-0.4, -0.2) is 20.3 Å². The van der Waals surface area contributed by atoms with Crippen molar-refractivity contribution in [2.75, 3.05) is 20.3 Å². The second-order valence-corrected chi connectivity index (χ2v) is 4.92. The van der Waals surface area contributed by atoms with Gasteiger partial charge in [0.2, 0.25) is 0 Å². The summed E-state index contributed by atoms with van der Waals surface area (Å²) in [5, 5.41) is 3.44. The molecule has 0 aliphatic carbocycles. The van der Waals surface area contributed by atoms with Gasteiger partial charge in [-0.3, -0.25) is 0 Å². The first-order chi connectivity index (χ1) is 10.8. The van der Waals surface area contributed by atoms with Gasteiger partial charge in [0, 0.05) is 6.54 Å². The average molecular weight is 295 g/mol. The van der Waals surface area contributed by atoms with Crippen molar-refractivity contribution in [2.24, 2.45) is 0 Å². The second kappa shape index (κ2) is 8.76. The number of nitrogens with one attached hydrogen (secondary N) is 1.